The molecular formula is C21H36F2O. The molecule has 0 aromatic rings. The zero-order chi connectivity index (χ0) is 18.9. The molecule has 140 valence electrons. The Morgan fingerprint density at radius 3 is 1.79 bits per heavy atom. The molecule has 0 aliphatic heterocycles. The molecule has 0 aliphatic carbocycles. The summed E-state index contributed by atoms with van der Waals surface area (Å²) in [5, 5.41) is 0. The van der Waals surface area contributed by atoms with Crippen LogP contribution >= 0.6 is 0 Å². The van der Waals surface area contributed by atoms with Crippen LogP contribution in [0, 0.1) is 23.7 Å². The van der Waals surface area contributed by atoms with Crippen LogP contribution in [0.4, 0.5) is 8.78 Å². The van der Waals surface area contributed by atoms with Crippen molar-refractivity contribution in [3.05, 3.63) is 36.1 Å². The molecular weight excluding hydrogens is 306 g/mol. The maximum absolute atomic E-state index is 14.2. The van der Waals surface area contributed by atoms with Gasteiger partial charge in [-0.25, -0.2) is 4.39 Å². The molecule has 0 fully saturated rings. The number of hydrogen-bond acceptors (Lipinski definition) is 1. The predicted octanol–water partition coefficient (Wildman–Crippen LogP) is 7.37. The van der Waals surface area contributed by atoms with Crippen molar-refractivity contribution in [1.29, 1.82) is 0 Å². The summed E-state index contributed by atoms with van der Waals surface area (Å²) in [7, 11) is 0. The van der Waals surface area contributed by atoms with Gasteiger partial charge in [0.25, 0.3) is 0 Å². The molecule has 0 aromatic carbocycles. The lowest BCUT2D eigenvalue weighted by Gasteiger charge is -2.23. The van der Waals surface area contributed by atoms with Crippen LogP contribution in [0.15, 0.2) is 36.1 Å². The van der Waals surface area contributed by atoms with Crippen molar-refractivity contribution in [1.82, 2.24) is 0 Å². The standard InChI is InChI=1S/C21H36F2O/c1-9-24-19(8)21(23)20(22)18(7)17(6)13-12-16(5)15(4)11-10-14(2)3/h14-17H,7-13H2,1-6H3/b21-20-. The monoisotopic (exact) mass is 342 g/mol. The van der Waals surface area contributed by atoms with Crippen LogP contribution in [-0.4, -0.2) is 6.61 Å². The first-order valence-electron chi connectivity index (χ1n) is 9.18. The highest BCUT2D eigenvalue weighted by atomic mass is 19.2. The SMILES string of the molecule is C=C(OCC)/C(F)=C(/F)C(=C)C(C)CCC(C)C(C)CCC(C)C. The minimum Gasteiger partial charge on any atom is -0.491 e. The number of hydrogen-bond donors (Lipinski definition) is 0. The molecule has 3 atom stereocenters. The molecule has 0 N–H and O–H groups in total. The highest BCUT2D eigenvalue weighted by molar-refractivity contribution is 5.33. The van der Waals surface area contributed by atoms with E-state index in [0.29, 0.717) is 11.8 Å². The molecule has 0 aromatic heterocycles. The molecule has 0 amide bonds. The predicted molar refractivity (Wildman–Crippen MR) is 99.9 cm³/mol. The topological polar surface area (TPSA) is 9.23 Å². The van der Waals surface area contributed by atoms with Crippen LogP contribution in [-0.2, 0) is 4.74 Å². The number of allylic oxidation sites excluding steroid dienone is 3. The second-order valence-electron chi connectivity index (χ2n) is 7.41. The van der Waals surface area contributed by atoms with Gasteiger partial charge < -0.3 is 4.74 Å². The van der Waals surface area contributed by atoms with Gasteiger partial charge in [-0.05, 0) is 49.0 Å². The lowest BCUT2D eigenvalue weighted by molar-refractivity contribution is 0.223. The van der Waals surface area contributed by atoms with Crippen LogP contribution in [0.5, 0.6) is 0 Å². The fourth-order valence-corrected chi connectivity index (χ4v) is 2.57. The average molecular weight is 343 g/mol. The van der Waals surface area contributed by atoms with E-state index in [1.807, 2.05) is 6.92 Å². The van der Waals surface area contributed by atoms with Gasteiger partial charge in [-0.3, -0.25) is 0 Å². The summed E-state index contributed by atoms with van der Waals surface area (Å²) in [5.74, 6) is -0.409. The summed E-state index contributed by atoms with van der Waals surface area (Å²) in [6.45, 7) is 20.0. The molecule has 0 rings (SSSR count). The first-order valence-corrected chi connectivity index (χ1v) is 9.18. The van der Waals surface area contributed by atoms with E-state index in [2.05, 4.69) is 40.9 Å². The van der Waals surface area contributed by atoms with Crippen LogP contribution in [0.1, 0.15) is 67.2 Å². The third-order valence-corrected chi connectivity index (χ3v) is 4.86. The van der Waals surface area contributed by atoms with Gasteiger partial charge in [0.1, 0.15) is 0 Å². The molecule has 0 saturated carbocycles. The molecule has 24 heavy (non-hydrogen) atoms. The van der Waals surface area contributed by atoms with Crippen LogP contribution in [0.25, 0.3) is 0 Å². The minimum atomic E-state index is -1.04. The molecule has 0 heterocycles. The first kappa shape index (κ1) is 22.9. The lowest BCUT2D eigenvalue weighted by Crippen LogP contribution is -2.11. The van der Waals surface area contributed by atoms with E-state index in [0.717, 1.165) is 18.8 Å². The Morgan fingerprint density at radius 2 is 1.33 bits per heavy atom. The maximum atomic E-state index is 14.2. The van der Waals surface area contributed by atoms with Gasteiger partial charge in [-0.2, -0.15) is 4.39 Å². The Hall–Kier alpha value is -1.12. The van der Waals surface area contributed by atoms with Crippen molar-refractivity contribution in [2.45, 2.75) is 67.2 Å². The van der Waals surface area contributed by atoms with Gasteiger partial charge in [0.15, 0.2) is 17.4 Å². The third kappa shape index (κ3) is 8.12. The van der Waals surface area contributed by atoms with Gasteiger partial charge in [-0.1, -0.05) is 60.6 Å². The fourth-order valence-electron chi connectivity index (χ4n) is 2.57. The van der Waals surface area contributed by atoms with E-state index in [-0.39, 0.29) is 23.9 Å². The normalized spacial score (nSPS) is 16.4. The van der Waals surface area contributed by atoms with Crippen molar-refractivity contribution in [2.75, 3.05) is 6.61 Å². The molecule has 0 spiro atoms. The summed E-state index contributed by atoms with van der Waals surface area (Å²) in [6.07, 6.45) is 4.23. The van der Waals surface area contributed by atoms with Crippen molar-refractivity contribution < 1.29 is 13.5 Å². The van der Waals surface area contributed by atoms with Crippen LogP contribution in [0.2, 0.25) is 0 Å². The fraction of sp³-hybridized carbons (Fsp3) is 0.714. The molecule has 0 bridgehead atoms. The Kier molecular flexibility index (Phi) is 10.9. The van der Waals surface area contributed by atoms with E-state index >= 15 is 0 Å². The van der Waals surface area contributed by atoms with E-state index in [1.165, 1.54) is 12.8 Å². The van der Waals surface area contributed by atoms with Crippen molar-refractivity contribution in [3.8, 4) is 0 Å². The Balaban J connectivity index is 4.55. The summed E-state index contributed by atoms with van der Waals surface area (Å²) in [5.41, 5.74) is 0.190. The second kappa shape index (κ2) is 11.4. The Labute approximate surface area is 147 Å². The van der Waals surface area contributed by atoms with Crippen molar-refractivity contribution in [2.24, 2.45) is 23.7 Å². The van der Waals surface area contributed by atoms with E-state index in [1.54, 1.807) is 6.92 Å². The average Bonchev–Trinajstić information content (AvgIpc) is 2.54. The molecule has 3 heteroatoms. The lowest BCUT2D eigenvalue weighted by atomic mass is 9.83. The molecule has 1 nitrogen and oxygen atoms in total. The first-order chi connectivity index (χ1) is 11.1. The van der Waals surface area contributed by atoms with Gasteiger partial charge in [0.05, 0.1) is 6.61 Å². The Morgan fingerprint density at radius 1 is 0.833 bits per heavy atom. The van der Waals surface area contributed by atoms with E-state index in [9.17, 15) is 8.78 Å². The van der Waals surface area contributed by atoms with E-state index in [4.69, 9.17) is 4.74 Å². The van der Waals surface area contributed by atoms with Crippen molar-refractivity contribution in [3.63, 3.8) is 0 Å². The maximum Gasteiger partial charge on any atom is 0.200 e. The number of ether oxygens (including phenoxy) is 1. The van der Waals surface area contributed by atoms with Gasteiger partial charge in [-0.15, -0.1) is 0 Å². The van der Waals surface area contributed by atoms with Gasteiger partial charge in [0.2, 0.25) is 0 Å². The quantitative estimate of drug-likeness (QED) is 0.266. The summed E-state index contributed by atoms with van der Waals surface area (Å²) >= 11 is 0. The van der Waals surface area contributed by atoms with Gasteiger partial charge >= 0.3 is 0 Å². The zero-order valence-electron chi connectivity index (χ0n) is 16.4. The highest BCUT2D eigenvalue weighted by Crippen LogP contribution is 2.31. The smallest absolute Gasteiger partial charge is 0.200 e. The largest absolute Gasteiger partial charge is 0.491 e. The molecule has 3 unspecified atom stereocenters. The van der Waals surface area contributed by atoms with E-state index < -0.39 is 11.7 Å². The number of halogens is 2. The van der Waals surface area contributed by atoms with Gasteiger partial charge in [0, 0.05) is 0 Å². The van der Waals surface area contributed by atoms with Crippen LogP contribution < -0.4 is 0 Å². The zero-order valence-corrected chi connectivity index (χ0v) is 16.4. The Bertz CT molecular complexity index is 437. The summed E-state index contributed by atoms with van der Waals surface area (Å²) in [4.78, 5) is 0. The molecule has 0 radical (unpaired) electrons. The molecule has 0 saturated heterocycles. The van der Waals surface area contributed by atoms with Crippen LogP contribution in [0.3, 0.4) is 0 Å². The molecule has 0 aliphatic rings. The highest BCUT2D eigenvalue weighted by Gasteiger charge is 2.20. The van der Waals surface area contributed by atoms with Crippen molar-refractivity contribution >= 4 is 0 Å². The third-order valence-electron chi connectivity index (χ3n) is 4.86. The summed E-state index contributed by atoms with van der Waals surface area (Å²) in [6, 6.07) is 0. The number of rotatable bonds is 12. The summed E-state index contributed by atoms with van der Waals surface area (Å²) < 4.78 is 33.0. The second-order valence-corrected chi connectivity index (χ2v) is 7.41. The minimum absolute atomic E-state index is 0.107.